The Morgan fingerprint density at radius 2 is 1.89 bits per heavy atom. The van der Waals surface area contributed by atoms with E-state index >= 15 is 0 Å². The van der Waals surface area contributed by atoms with E-state index in [1.165, 1.54) is 12.2 Å². The zero-order valence-corrected chi connectivity index (χ0v) is 10.00. The van der Waals surface area contributed by atoms with Crippen molar-refractivity contribution in [3.8, 4) is 0 Å². The second-order valence-corrected chi connectivity index (χ2v) is 3.55. The predicted molar refractivity (Wildman–Crippen MR) is 64.8 cm³/mol. The molecule has 1 N–H and O–H groups in total. The fourth-order valence-corrected chi connectivity index (χ4v) is 1.38. The van der Waals surface area contributed by atoms with E-state index in [4.69, 9.17) is 14.6 Å². The number of allylic oxidation sites excluding steroid dienone is 1. The third-order valence-electron chi connectivity index (χ3n) is 2.18. The fraction of sp³-hybridized carbons (Fsp3) is 0.154. The molecule has 0 amide bonds. The zero-order valence-electron chi connectivity index (χ0n) is 10.00. The van der Waals surface area contributed by atoms with Crippen LogP contribution in [-0.4, -0.2) is 29.1 Å². The Balaban J connectivity index is 2.91. The third-order valence-corrected chi connectivity index (χ3v) is 2.18. The van der Waals surface area contributed by atoms with Gasteiger partial charge in [-0.1, -0.05) is 13.2 Å². The lowest BCUT2D eigenvalue weighted by Crippen LogP contribution is -2.22. The molecule has 0 spiro atoms. The van der Waals surface area contributed by atoms with E-state index in [0.29, 0.717) is 0 Å². The third kappa shape index (κ3) is 4.27. The highest BCUT2D eigenvalue weighted by Crippen LogP contribution is 2.21. The molecule has 1 atom stereocenters. The molecular formula is C13H12O6. The van der Waals surface area contributed by atoms with Crippen molar-refractivity contribution in [2.45, 2.75) is 12.5 Å². The number of aliphatic carboxylic acids is 1. The quantitative estimate of drug-likeness (QED) is 0.591. The molecule has 0 saturated carbocycles. The van der Waals surface area contributed by atoms with Crippen molar-refractivity contribution < 1.29 is 29.0 Å². The van der Waals surface area contributed by atoms with E-state index in [1.807, 2.05) is 0 Å². The van der Waals surface area contributed by atoms with Crippen LogP contribution in [0.4, 0.5) is 0 Å². The van der Waals surface area contributed by atoms with Gasteiger partial charge in [-0.15, -0.1) is 0 Å². The van der Waals surface area contributed by atoms with E-state index in [2.05, 4.69) is 13.2 Å². The van der Waals surface area contributed by atoms with Crippen molar-refractivity contribution in [2.24, 2.45) is 0 Å². The summed E-state index contributed by atoms with van der Waals surface area (Å²) >= 11 is 0. The summed E-state index contributed by atoms with van der Waals surface area (Å²) < 4.78 is 9.73. The number of carboxylic acids is 1. The number of carbonyl (C=O) groups is 3. The van der Waals surface area contributed by atoms with Gasteiger partial charge in [-0.05, 0) is 12.2 Å². The van der Waals surface area contributed by atoms with E-state index in [0.717, 1.165) is 12.2 Å². The minimum atomic E-state index is -1.18. The van der Waals surface area contributed by atoms with Crippen LogP contribution >= 0.6 is 0 Å². The lowest BCUT2D eigenvalue weighted by molar-refractivity contribution is -0.142. The highest BCUT2D eigenvalue weighted by Gasteiger charge is 2.23. The second-order valence-electron chi connectivity index (χ2n) is 3.55. The summed E-state index contributed by atoms with van der Waals surface area (Å²) in [7, 11) is 0. The first-order valence-corrected chi connectivity index (χ1v) is 5.29. The summed E-state index contributed by atoms with van der Waals surface area (Å²) in [5.41, 5.74) is -0.0313. The molecule has 1 aliphatic carbocycles. The summed E-state index contributed by atoms with van der Waals surface area (Å²) in [6, 6.07) is 0. The normalized spacial score (nSPS) is 17.6. The average Bonchev–Trinajstić information content (AvgIpc) is 2.37. The Kier molecular flexibility index (Phi) is 4.82. The molecule has 0 aliphatic heterocycles. The molecule has 6 heteroatoms. The first-order chi connectivity index (χ1) is 8.96. The number of hydrogen-bond acceptors (Lipinski definition) is 5. The van der Waals surface area contributed by atoms with Crippen LogP contribution in [-0.2, 0) is 23.9 Å². The number of carbonyl (C=O) groups excluding carboxylic acids is 2. The SMILES string of the molecule is C=CC(=O)OC1=CC(OC(=O)C=C)CC(C(=O)O)=C1. The molecule has 0 fully saturated rings. The van der Waals surface area contributed by atoms with Crippen LogP contribution in [0.1, 0.15) is 6.42 Å². The van der Waals surface area contributed by atoms with Gasteiger partial charge in [-0.2, -0.15) is 0 Å². The summed E-state index contributed by atoms with van der Waals surface area (Å²) in [4.78, 5) is 33.1. The lowest BCUT2D eigenvalue weighted by Gasteiger charge is -2.19. The molecule has 0 bridgehead atoms. The predicted octanol–water partition coefficient (Wildman–Crippen LogP) is 1.11. The first-order valence-electron chi connectivity index (χ1n) is 5.29. The molecule has 0 radical (unpaired) electrons. The van der Waals surface area contributed by atoms with Crippen LogP contribution < -0.4 is 0 Å². The van der Waals surface area contributed by atoms with E-state index in [-0.39, 0.29) is 17.8 Å². The number of rotatable bonds is 5. The van der Waals surface area contributed by atoms with Crippen LogP contribution in [0, 0.1) is 0 Å². The summed E-state index contributed by atoms with van der Waals surface area (Å²) in [6.45, 7) is 6.46. The van der Waals surface area contributed by atoms with Gasteiger partial charge in [0, 0.05) is 24.1 Å². The number of esters is 2. The molecule has 100 valence electrons. The summed E-state index contributed by atoms with van der Waals surface area (Å²) in [6.07, 6.45) is 3.60. The molecule has 6 nitrogen and oxygen atoms in total. The van der Waals surface area contributed by atoms with Crippen molar-refractivity contribution in [2.75, 3.05) is 0 Å². The number of carboxylic acid groups (broad SMARTS) is 1. The minimum absolute atomic E-state index is 0.00425. The van der Waals surface area contributed by atoms with Gasteiger partial charge in [0.2, 0.25) is 0 Å². The molecule has 0 aromatic carbocycles. The van der Waals surface area contributed by atoms with Crippen molar-refractivity contribution >= 4 is 17.9 Å². The molecule has 0 saturated heterocycles. The van der Waals surface area contributed by atoms with Crippen LogP contribution in [0.15, 0.2) is 48.8 Å². The highest BCUT2D eigenvalue weighted by atomic mass is 16.6. The maximum Gasteiger partial charge on any atom is 0.335 e. The standard InChI is InChI=1S/C13H12O6/c1-3-11(14)18-9-5-8(13(16)17)6-10(7-9)19-12(15)4-2/h3-5,7,10H,1-2,6H2,(H,16,17). The van der Waals surface area contributed by atoms with Gasteiger partial charge in [0.1, 0.15) is 11.9 Å². The van der Waals surface area contributed by atoms with E-state index in [9.17, 15) is 14.4 Å². The van der Waals surface area contributed by atoms with Crippen LogP contribution in [0.25, 0.3) is 0 Å². The van der Waals surface area contributed by atoms with Gasteiger partial charge in [0.25, 0.3) is 0 Å². The van der Waals surface area contributed by atoms with Gasteiger partial charge < -0.3 is 14.6 Å². The average molecular weight is 264 g/mol. The van der Waals surface area contributed by atoms with Gasteiger partial charge in [0.05, 0.1) is 0 Å². The van der Waals surface area contributed by atoms with Gasteiger partial charge in [-0.3, -0.25) is 0 Å². The molecule has 0 aromatic rings. The van der Waals surface area contributed by atoms with Crippen molar-refractivity contribution in [1.29, 1.82) is 0 Å². The Morgan fingerprint density at radius 1 is 1.26 bits per heavy atom. The highest BCUT2D eigenvalue weighted by molar-refractivity contribution is 5.88. The first kappa shape index (κ1) is 14.4. The van der Waals surface area contributed by atoms with Crippen molar-refractivity contribution in [1.82, 2.24) is 0 Å². The Morgan fingerprint density at radius 3 is 2.42 bits per heavy atom. The zero-order chi connectivity index (χ0) is 14.4. The van der Waals surface area contributed by atoms with Crippen molar-refractivity contribution in [3.05, 3.63) is 48.8 Å². The maximum atomic E-state index is 11.1. The minimum Gasteiger partial charge on any atom is -0.478 e. The molecule has 0 heterocycles. The Bertz CT molecular complexity index is 497. The van der Waals surface area contributed by atoms with Gasteiger partial charge >= 0.3 is 17.9 Å². The lowest BCUT2D eigenvalue weighted by atomic mass is 10.0. The number of hydrogen-bond donors (Lipinski definition) is 1. The summed E-state index contributed by atoms with van der Waals surface area (Å²) in [5.74, 6) is -2.61. The topological polar surface area (TPSA) is 89.9 Å². The second kappa shape index (κ2) is 6.34. The molecule has 1 unspecified atom stereocenters. The van der Waals surface area contributed by atoms with Gasteiger partial charge in [0.15, 0.2) is 0 Å². The fourth-order valence-electron chi connectivity index (χ4n) is 1.38. The van der Waals surface area contributed by atoms with Gasteiger partial charge in [-0.25, -0.2) is 14.4 Å². The Labute approximate surface area is 109 Å². The largest absolute Gasteiger partial charge is 0.478 e. The molecule has 19 heavy (non-hydrogen) atoms. The van der Waals surface area contributed by atoms with Crippen molar-refractivity contribution in [3.63, 3.8) is 0 Å². The molecule has 1 rings (SSSR count). The number of ether oxygens (including phenoxy) is 2. The maximum absolute atomic E-state index is 11.1. The van der Waals surface area contributed by atoms with E-state index in [1.54, 1.807) is 0 Å². The van der Waals surface area contributed by atoms with E-state index < -0.39 is 24.0 Å². The van der Waals surface area contributed by atoms with Crippen LogP contribution in [0.2, 0.25) is 0 Å². The Hall–Kier alpha value is -2.63. The monoisotopic (exact) mass is 264 g/mol. The van der Waals surface area contributed by atoms with Crippen LogP contribution in [0.5, 0.6) is 0 Å². The smallest absolute Gasteiger partial charge is 0.335 e. The molecule has 0 aromatic heterocycles. The molecular weight excluding hydrogens is 252 g/mol. The summed E-state index contributed by atoms with van der Waals surface area (Å²) in [5, 5.41) is 8.94. The van der Waals surface area contributed by atoms with Crippen LogP contribution in [0.3, 0.4) is 0 Å². The molecule has 1 aliphatic rings.